The van der Waals surface area contributed by atoms with E-state index >= 15 is 0 Å². The molecule has 10 heteroatoms. The maximum Gasteiger partial charge on any atom is 0.264 e. The van der Waals surface area contributed by atoms with Gasteiger partial charge in [0.2, 0.25) is 0 Å². The number of rotatable bonds is 6. The van der Waals surface area contributed by atoms with Crippen LogP contribution in [-0.2, 0) is 10.0 Å². The number of nitrogens with one attached hydrogen (secondary N) is 2. The minimum Gasteiger partial charge on any atom is -0.494 e. The van der Waals surface area contributed by atoms with Crippen molar-refractivity contribution in [3.8, 4) is 5.75 Å². The molecule has 0 radical (unpaired) electrons. The second kappa shape index (κ2) is 8.32. The van der Waals surface area contributed by atoms with Gasteiger partial charge in [-0.1, -0.05) is 41.7 Å². The van der Waals surface area contributed by atoms with Gasteiger partial charge in [0.15, 0.2) is 5.13 Å². The highest BCUT2D eigenvalue weighted by Gasteiger charge is 2.20. The Morgan fingerprint density at radius 1 is 1.06 bits per heavy atom. The lowest BCUT2D eigenvalue weighted by molar-refractivity contribution is 0.102. The van der Waals surface area contributed by atoms with Crippen LogP contribution in [0.2, 0.25) is 0 Å². The SMILES string of the molecule is COc1cc(NS(=O)(=O)c2ccccc2F)cc2sc(NC(=O)c3ccccc3)nc12. The Balaban J connectivity index is 1.66. The van der Waals surface area contributed by atoms with Crippen LogP contribution in [0, 0.1) is 5.82 Å². The molecule has 0 bridgehead atoms. The number of fused-ring (bicyclic) bond motifs is 1. The number of nitrogens with zero attached hydrogens (tertiary/aromatic N) is 1. The maximum atomic E-state index is 14.0. The molecule has 0 aliphatic rings. The fraction of sp³-hybridized carbons (Fsp3) is 0.0476. The topological polar surface area (TPSA) is 97.4 Å². The number of methoxy groups -OCH3 is 1. The lowest BCUT2D eigenvalue weighted by Crippen LogP contribution is -2.14. The number of halogens is 1. The number of amides is 1. The van der Waals surface area contributed by atoms with Crippen molar-refractivity contribution in [1.82, 2.24) is 4.98 Å². The second-order valence-corrected chi connectivity index (χ2v) is 9.08. The van der Waals surface area contributed by atoms with E-state index in [9.17, 15) is 17.6 Å². The molecule has 3 aromatic carbocycles. The Morgan fingerprint density at radius 2 is 1.77 bits per heavy atom. The number of benzene rings is 3. The van der Waals surface area contributed by atoms with Crippen molar-refractivity contribution < 1.29 is 22.3 Å². The van der Waals surface area contributed by atoms with Crippen molar-refractivity contribution in [3.05, 3.63) is 78.1 Å². The maximum absolute atomic E-state index is 14.0. The first kappa shape index (κ1) is 20.8. The first-order valence-corrected chi connectivity index (χ1v) is 11.3. The molecule has 1 aromatic heterocycles. The molecule has 1 amide bonds. The monoisotopic (exact) mass is 457 g/mol. The second-order valence-electron chi connectivity index (χ2n) is 6.40. The van der Waals surface area contributed by atoms with E-state index < -0.39 is 20.7 Å². The van der Waals surface area contributed by atoms with Crippen LogP contribution in [0.25, 0.3) is 10.2 Å². The van der Waals surface area contributed by atoms with Crippen molar-refractivity contribution in [1.29, 1.82) is 0 Å². The van der Waals surface area contributed by atoms with Gasteiger partial charge in [-0.3, -0.25) is 14.8 Å². The summed E-state index contributed by atoms with van der Waals surface area (Å²) in [5, 5.41) is 3.05. The third kappa shape index (κ3) is 4.35. The fourth-order valence-corrected chi connectivity index (χ4v) is 4.94. The number of carbonyl (C=O) groups is 1. The summed E-state index contributed by atoms with van der Waals surface area (Å²) in [6.07, 6.45) is 0. The first-order chi connectivity index (χ1) is 14.9. The van der Waals surface area contributed by atoms with E-state index in [1.807, 2.05) is 6.07 Å². The number of sulfonamides is 1. The zero-order chi connectivity index (χ0) is 22.0. The normalized spacial score (nSPS) is 11.3. The Labute approximate surface area is 181 Å². The minimum absolute atomic E-state index is 0.178. The molecule has 7 nitrogen and oxygen atoms in total. The van der Waals surface area contributed by atoms with Crippen LogP contribution in [-0.4, -0.2) is 26.4 Å². The Morgan fingerprint density at radius 3 is 2.48 bits per heavy atom. The molecule has 31 heavy (non-hydrogen) atoms. The van der Waals surface area contributed by atoms with Crippen LogP contribution in [0.4, 0.5) is 15.2 Å². The molecule has 158 valence electrons. The molecule has 0 aliphatic carbocycles. The molecule has 0 unspecified atom stereocenters. The predicted octanol–water partition coefficient (Wildman–Crippen LogP) is 4.50. The number of aromatic nitrogens is 1. The molecule has 0 atom stereocenters. The number of thiazole rings is 1. The minimum atomic E-state index is -4.15. The molecule has 4 aromatic rings. The number of ether oxygens (including phenoxy) is 1. The zero-order valence-corrected chi connectivity index (χ0v) is 17.8. The van der Waals surface area contributed by atoms with Crippen LogP contribution in [0.3, 0.4) is 0 Å². The van der Waals surface area contributed by atoms with Crippen LogP contribution in [0.5, 0.6) is 5.75 Å². The number of hydrogen-bond donors (Lipinski definition) is 2. The van der Waals surface area contributed by atoms with E-state index in [0.29, 0.717) is 26.7 Å². The summed E-state index contributed by atoms with van der Waals surface area (Å²) in [5.74, 6) is -0.869. The average molecular weight is 458 g/mol. The number of carbonyl (C=O) groups excluding carboxylic acids is 1. The molecule has 0 saturated heterocycles. The van der Waals surface area contributed by atoms with Crippen LogP contribution in [0.15, 0.2) is 71.6 Å². The average Bonchev–Trinajstić information content (AvgIpc) is 3.15. The summed E-state index contributed by atoms with van der Waals surface area (Å²) in [7, 11) is -2.73. The first-order valence-electron chi connectivity index (χ1n) is 9.00. The van der Waals surface area contributed by atoms with Crippen molar-refractivity contribution in [2.75, 3.05) is 17.1 Å². The summed E-state index contributed by atoms with van der Waals surface area (Å²) in [4.78, 5) is 16.3. The molecule has 2 N–H and O–H groups in total. The van der Waals surface area contributed by atoms with Gasteiger partial charge in [-0.15, -0.1) is 0 Å². The Hall–Kier alpha value is -3.50. The molecule has 1 heterocycles. The molecular weight excluding hydrogens is 441 g/mol. The summed E-state index contributed by atoms with van der Waals surface area (Å²) < 4.78 is 47.4. The van der Waals surface area contributed by atoms with Crippen LogP contribution in [0.1, 0.15) is 10.4 Å². The van der Waals surface area contributed by atoms with Crippen molar-refractivity contribution in [3.63, 3.8) is 0 Å². The standard InChI is InChI=1S/C21H16FN3O4S2/c1-29-16-11-14(25-31(27,28)18-10-6-5-9-15(18)22)12-17-19(16)23-21(30-17)24-20(26)13-7-3-2-4-8-13/h2-12,25H,1H3,(H,23,24,26). The Kier molecular flexibility index (Phi) is 5.57. The largest absolute Gasteiger partial charge is 0.494 e. The van der Waals surface area contributed by atoms with E-state index in [-0.39, 0.29) is 11.6 Å². The van der Waals surface area contributed by atoms with E-state index in [0.717, 1.165) is 17.4 Å². The van der Waals surface area contributed by atoms with Gasteiger partial charge in [0.1, 0.15) is 22.0 Å². The van der Waals surface area contributed by atoms with Gasteiger partial charge in [0.25, 0.3) is 15.9 Å². The van der Waals surface area contributed by atoms with E-state index in [1.54, 1.807) is 30.3 Å². The highest BCUT2D eigenvalue weighted by molar-refractivity contribution is 7.92. The molecule has 0 fully saturated rings. The van der Waals surface area contributed by atoms with Gasteiger partial charge < -0.3 is 4.74 Å². The Bertz CT molecular complexity index is 1370. The highest BCUT2D eigenvalue weighted by atomic mass is 32.2. The van der Waals surface area contributed by atoms with Crippen LogP contribution >= 0.6 is 11.3 Å². The third-order valence-electron chi connectivity index (χ3n) is 4.31. The van der Waals surface area contributed by atoms with Crippen molar-refractivity contribution in [2.24, 2.45) is 0 Å². The third-order valence-corrected chi connectivity index (χ3v) is 6.65. The van der Waals surface area contributed by atoms with E-state index in [4.69, 9.17) is 4.74 Å². The van der Waals surface area contributed by atoms with Crippen molar-refractivity contribution >= 4 is 48.3 Å². The summed E-state index contributed by atoms with van der Waals surface area (Å²) >= 11 is 1.16. The molecule has 4 rings (SSSR count). The van der Waals surface area contributed by atoms with Gasteiger partial charge in [-0.05, 0) is 30.3 Å². The van der Waals surface area contributed by atoms with E-state index in [1.165, 1.54) is 31.4 Å². The lowest BCUT2D eigenvalue weighted by Gasteiger charge is -2.10. The van der Waals surface area contributed by atoms with Gasteiger partial charge in [-0.25, -0.2) is 17.8 Å². The summed E-state index contributed by atoms with van der Waals surface area (Å²) in [5.41, 5.74) is 1.12. The lowest BCUT2D eigenvalue weighted by atomic mass is 10.2. The number of hydrogen-bond acceptors (Lipinski definition) is 6. The quantitative estimate of drug-likeness (QED) is 0.444. The molecular formula is C21H16FN3O4S2. The van der Waals surface area contributed by atoms with Crippen LogP contribution < -0.4 is 14.8 Å². The summed E-state index contributed by atoms with van der Waals surface area (Å²) in [6.45, 7) is 0. The highest BCUT2D eigenvalue weighted by Crippen LogP contribution is 2.36. The van der Waals surface area contributed by atoms with Gasteiger partial charge >= 0.3 is 0 Å². The van der Waals surface area contributed by atoms with E-state index in [2.05, 4.69) is 15.0 Å². The molecule has 0 spiro atoms. The van der Waals surface area contributed by atoms with Gasteiger partial charge in [0.05, 0.1) is 17.5 Å². The summed E-state index contributed by atoms with van der Waals surface area (Å²) in [6, 6.07) is 16.8. The van der Waals surface area contributed by atoms with Crippen molar-refractivity contribution in [2.45, 2.75) is 4.90 Å². The molecule has 0 saturated carbocycles. The molecule has 0 aliphatic heterocycles. The fourth-order valence-electron chi connectivity index (χ4n) is 2.90. The smallest absolute Gasteiger partial charge is 0.264 e. The van der Waals surface area contributed by atoms with Gasteiger partial charge in [0, 0.05) is 11.6 Å². The predicted molar refractivity (Wildman–Crippen MR) is 118 cm³/mol. The number of anilines is 2. The zero-order valence-electron chi connectivity index (χ0n) is 16.1. The van der Waals surface area contributed by atoms with Gasteiger partial charge in [-0.2, -0.15) is 0 Å².